The Labute approximate surface area is 127 Å². The second-order valence-electron chi connectivity index (χ2n) is 4.88. The molecule has 0 bridgehead atoms. The number of carboxylic acids is 1. The van der Waals surface area contributed by atoms with E-state index in [0.29, 0.717) is 0 Å². The van der Waals surface area contributed by atoms with Gasteiger partial charge in [-0.3, -0.25) is 14.3 Å². The van der Waals surface area contributed by atoms with Gasteiger partial charge in [-0.1, -0.05) is 0 Å². The lowest BCUT2D eigenvalue weighted by Crippen LogP contribution is -2.33. The number of nitrogens with one attached hydrogen (secondary N) is 2. The molecule has 0 heterocycles. The van der Waals surface area contributed by atoms with Gasteiger partial charge in [-0.2, -0.15) is 0 Å². The van der Waals surface area contributed by atoms with Crippen LogP contribution in [0.2, 0.25) is 0 Å². The molecule has 0 aliphatic carbocycles. The van der Waals surface area contributed by atoms with Gasteiger partial charge in [-0.15, -0.1) is 0 Å². The molecule has 22 heavy (non-hydrogen) atoms. The van der Waals surface area contributed by atoms with E-state index in [2.05, 4.69) is 5.32 Å². The second kappa shape index (κ2) is 7.21. The molecule has 1 unspecified atom stereocenters. The zero-order valence-corrected chi connectivity index (χ0v) is 12.9. The van der Waals surface area contributed by atoms with Crippen molar-refractivity contribution >= 4 is 27.6 Å². The van der Waals surface area contributed by atoms with E-state index in [9.17, 15) is 22.4 Å². The van der Waals surface area contributed by atoms with Crippen LogP contribution in [-0.4, -0.2) is 37.7 Å². The number of amides is 1. The van der Waals surface area contributed by atoms with E-state index in [0.717, 1.165) is 18.4 Å². The first kappa shape index (κ1) is 17.9. The van der Waals surface area contributed by atoms with Gasteiger partial charge >= 0.3 is 5.97 Å². The van der Waals surface area contributed by atoms with Gasteiger partial charge in [-0.05, 0) is 31.5 Å². The van der Waals surface area contributed by atoms with Gasteiger partial charge in [0, 0.05) is 18.0 Å². The van der Waals surface area contributed by atoms with E-state index in [1.807, 2.05) is 4.72 Å². The third kappa shape index (κ3) is 6.08. The summed E-state index contributed by atoms with van der Waals surface area (Å²) < 4.78 is 37.7. The lowest BCUT2D eigenvalue weighted by Gasteiger charge is -2.13. The number of sulfonamides is 1. The third-order valence-electron chi connectivity index (χ3n) is 2.69. The van der Waals surface area contributed by atoms with Crippen LogP contribution in [-0.2, 0) is 14.8 Å². The molecule has 7 nitrogen and oxygen atoms in total. The van der Waals surface area contributed by atoms with Crippen LogP contribution in [0.5, 0.6) is 0 Å². The Hall–Kier alpha value is -2.16. The first-order valence-electron chi connectivity index (χ1n) is 6.38. The van der Waals surface area contributed by atoms with E-state index in [1.165, 1.54) is 6.07 Å². The van der Waals surface area contributed by atoms with E-state index in [1.54, 1.807) is 6.92 Å². The fraction of sp³-hybridized carbons (Fsp3) is 0.385. The summed E-state index contributed by atoms with van der Waals surface area (Å²) >= 11 is 0. The Bertz CT molecular complexity index is 675. The van der Waals surface area contributed by atoms with Crippen LogP contribution in [0.15, 0.2) is 18.2 Å². The van der Waals surface area contributed by atoms with Gasteiger partial charge in [0.05, 0.1) is 11.9 Å². The topological polar surface area (TPSA) is 113 Å². The number of halogens is 1. The van der Waals surface area contributed by atoms with Gasteiger partial charge in [0.25, 0.3) is 5.91 Å². The number of carbonyl (C=O) groups excluding carboxylic acids is 1. The highest BCUT2D eigenvalue weighted by atomic mass is 32.2. The number of aliphatic carboxylic acids is 1. The van der Waals surface area contributed by atoms with Crippen molar-refractivity contribution in [1.82, 2.24) is 5.32 Å². The summed E-state index contributed by atoms with van der Waals surface area (Å²) in [6.07, 6.45) is 1.02. The number of hydrogen-bond acceptors (Lipinski definition) is 4. The summed E-state index contributed by atoms with van der Waals surface area (Å²) in [5.74, 6) is -2.32. The highest BCUT2D eigenvalue weighted by Gasteiger charge is 2.14. The largest absolute Gasteiger partial charge is 0.481 e. The molecule has 0 radical (unpaired) electrons. The first-order valence-corrected chi connectivity index (χ1v) is 8.27. The number of benzene rings is 1. The quantitative estimate of drug-likeness (QED) is 0.694. The van der Waals surface area contributed by atoms with Crippen LogP contribution in [0.25, 0.3) is 0 Å². The average molecular weight is 332 g/mol. The maximum Gasteiger partial charge on any atom is 0.303 e. The SMILES string of the molecule is CC(CCC(=O)O)NC(=O)c1ccc(F)c(NS(C)(=O)=O)c1. The number of rotatable bonds is 7. The lowest BCUT2D eigenvalue weighted by atomic mass is 10.1. The fourth-order valence-corrected chi connectivity index (χ4v) is 2.22. The zero-order chi connectivity index (χ0) is 16.9. The molecule has 0 fully saturated rings. The van der Waals surface area contributed by atoms with E-state index in [-0.39, 0.29) is 30.1 Å². The summed E-state index contributed by atoms with van der Waals surface area (Å²) in [7, 11) is -3.67. The number of carbonyl (C=O) groups is 2. The Balaban J connectivity index is 2.81. The standard InChI is InChI=1S/C13H17FN2O5S/c1-8(3-6-12(17)18)15-13(19)9-4-5-10(14)11(7-9)16-22(2,20)21/h4-5,7-8,16H,3,6H2,1-2H3,(H,15,19)(H,17,18). The normalized spacial score (nSPS) is 12.5. The van der Waals surface area contributed by atoms with Crippen LogP contribution in [0.1, 0.15) is 30.1 Å². The Morgan fingerprint density at radius 2 is 2.00 bits per heavy atom. The van der Waals surface area contributed by atoms with Gasteiger partial charge in [0.15, 0.2) is 0 Å². The predicted octanol–water partition coefficient (Wildman–Crippen LogP) is 1.18. The van der Waals surface area contributed by atoms with Crippen molar-refractivity contribution in [2.75, 3.05) is 11.0 Å². The second-order valence-corrected chi connectivity index (χ2v) is 6.62. The molecule has 0 aromatic heterocycles. The van der Waals surface area contributed by atoms with Crippen LogP contribution in [0, 0.1) is 5.82 Å². The van der Waals surface area contributed by atoms with Crippen LogP contribution < -0.4 is 10.0 Å². The summed E-state index contributed by atoms with van der Waals surface area (Å²) in [5, 5.41) is 11.1. The maximum atomic E-state index is 13.5. The molecular weight excluding hydrogens is 315 g/mol. The van der Waals surface area contributed by atoms with Crippen LogP contribution in [0.3, 0.4) is 0 Å². The van der Waals surface area contributed by atoms with Gasteiger partial charge in [-0.25, -0.2) is 12.8 Å². The van der Waals surface area contributed by atoms with Gasteiger partial charge in [0.2, 0.25) is 10.0 Å². The highest BCUT2D eigenvalue weighted by Crippen LogP contribution is 2.17. The summed E-state index contributed by atoms with van der Waals surface area (Å²) in [6, 6.07) is 2.88. The van der Waals surface area contributed by atoms with Crippen molar-refractivity contribution in [2.24, 2.45) is 0 Å². The number of anilines is 1. The molecular formula is C13H17FN2O5S. The van der Waals surface area contributed by atoms with E-state index in [4.69, 9.17) is 5.11 Å². The molecule has 0 saturated carbocycles. The Kier molecular flexibility index (Phi) is 5.86. The molecule has 1 rings (SSSR count). The maximum absolute atomic E-state index is 13.5. The molecule has 1 atom stereocenters. The average Bonchev–Trinajstić information content (AvgIpc) is 2.37. The highest BCUT2D eigenvalue weighted by molar-refractivity contribution is 7.92. The van der Waals surface area contributed by atoms with Crippen molar-refractivity contribution in [1.29, 1.82) is 0 Å². The van der Waals surface area contributed by atoms with Crippen LogP contribution >= 0.6 is 0 Å². The van der Waals surface area contributed by atoms with Gasteiger partial charge < -0.3 is 10.4 Å². The molecule has 9 heteroatoms. The lowest BCUT2D eigenvalue weighted by molar-refractivity contribution is -0.137. The molecule has 1 amide bonds. The predicted molar refractivity (Wildman–Crippen MR) is 78.7 cm³/mol. The molecule has 122 valence electrons. The van der Waals surface area contributed by atoms with Crippen molar-refractivity contribution in [3.8, 4) is 0 Å². The van der Waals surface area contributed by atoms with Crippen molar-refractivity contribution < 1.29 is 27.5 Å². The van der Waals surface area contributed by atoms with Gasteiger partial charge in [0.1, 0.15) is 5.82 Å². The molecule has 1 aromatic carbocycles. The summed E-state index contributed by atoms with van der Waals surface area (Å²) in [5.41, 5.74) is -0.261. The molecule has 0 spiro atoms. The molecule has 1 aromatic rings. The number of carboxylic acid groups (broad SMARTS) is 1. The minimum absolute atomic E-state index is 0.0646. The van der Waals surface area contributed by atoms with E-state index < -0.39 is 27.7 Å². The fourth-order valence-electron chi connectivity index (χ4n) is 1.66. The monoisotopic (exact) mass is 332 g/mol. The Morgan fingerprint density at radius 3 is 2.55 bits per heavy atom. The molecule has 0 saturated heterocycles. The van der Waals surface area contributed by atoms with E-state index >= 15 is 0 Å². The minimum atomic E-state index is -3.67. The van der Waals surface area contributed by atoms with Crippen molar-refractivity contribution in [3.63, 3.8) is 0 Å². The zero-order valence-electron chi connectivity index (χ0n) is 12.1. The molecule has 0 aliphatic heterocycles. The summed E-state index contributed by atoms with van der Waals surface area (Å²) in [6.45, 7) is 1.64. The molecule has 3 N–H and O–H groups in total. The first-order chi connectivity index (χ1) is 10.1. The smallest absolute Gasteiger partial charge is 0.303 e. The third-order valence-corrected chi connectivity index (χ3v) is 3.28. The van der Waals surface area contributed by atoms with Crippen molar-refractivity contribution in [3.05, 3.63) is 29.6 Å². The van der Waals surface area contributed by atoms with Crippen LogP contribution in [0.4, 0.5) is 10.1 Å². The number of hydrogen-bond donors (Lipinski definition) is 3. The minimum Gasteiger partial charge on any atom is -0.481 e. The summed E-state index contributed by atoms with van der Waals surface area (Å²) in [4.78, 5) is 22.4. The Morgan fingerprint density at radius 1 is 1.36 bits per heavy atom. The van der Waals surface area contributed by atoms with Crippen molar-refractivity contribution in [2.45, 2.75) is 25.8 Å². The molecule has 0 aliphatic rings.